The van der Waals surface area contributed by atoms with E-state index in [4.69, 9.17) is 23.2 Å². The first kappa shape index (κ1) is 23.6. The number of hydrogen-bond acceptors (Lipinski definition) is 2. The minimum absolute atomic E-state index is 0.140. The molecule has 1 fully saturated rings. The van der Waals surface area contributed by atoms with Gasteiger partial charge in [0.2, 0.25) is 11.8 Å². The number of benzene rings is 2. The third-order valence-electron chi connectivity index (χ3n) is 5.74. The second-order valence-electron chi connectivity index (χ2n) is 7.94. The van der Waals surface area contributed by atoms with E-state index in [1.807, 2.05) is 19.1 Å². The summed E-state index contributed by atoms with van der Waals surface area (Å²) in [6.07, 6.45) is 4.34. The maximum Gasteiger partial charge on any atom is 0.243 e. The molecule has 1 saturated carbocycles. The fourth-order valence-corrected chi connectivity index (χ4v) is 4.38. The van der Waals surface area contributed by atoms with Gasteiger partial charge in [0.1, 0.15) is 11.9 Å². The van der Waals surface area contributed by atoms with Gasteiger partial charge in [0.25, 0.3) is 0 Å². The minimum atomic E-state index is -0.658. The Morgan fingerprint density at radius 1 is 1.13 bits per heavy atom. The molecule has 0 radical (unpaired) electrons. The van der Waals surface area contributed by atoms with Crippen molar-refractivity contribution in [1.29, 1.82) is 0 Å². The number of rotatable bonds is 8. The van der Waals surface area contributed by atoms with Gasteiger partial charge in [-0.05, 0) is 49.1 Å². The number of amides is 2. The number of nitrogens with zero attached hydrogens (tertiary/aromatic N) is 1. The molecule has 166 valence electrons. The molecule has 1 N–H and O–H groups in total. The first-order valence-electron chi connectivity index (χ1n) is 10.7. The summed E-state index contributed by atoms with van der Waals surface area (Å²) in [5.74, 6) is -1.05. The van der Waals surface area contributed by atoms with Crippen LogP contribution in [0.25, 0.3) is 0 Å². The third kappa shape index (κ3) is 6.20. The first-order chi connectivity index (χ1) is 14.9. The lowest BCUT2D eigenvalue weighted by molar-refractivity contribution is -0.141. The van der Waals surface area contributed by atoms with Gasteiger partial charge < -0.3 is 10.2 Å². The highest BCUT2D eigenvalue weighted by molar-refractivity contribution is 6.31. The van der Waals surface area contributed by atoms with Crippen LogP contribution in [0.1, 0.15) is 50.2 Å². The summed E-state index contributed by atoms with van der Waals surface area (Å²) < 4.78 is 14.3. The number of carbonyl (C=O) groups excluding carboxylic acids is 2. The Morgan fingerprint density at radius 2 is 1.81 bits per heavy atom. The highest BCUT2D eigenvalue weighted by Crippen LogP contribution is 2.23. The van der Waals surface area contributed by atoms with Crippen molar-refractivity contribution in [3.63, 3.8) is 0 Å². The highest BCUT2D eigenvalue weighted by atomic mass is 35.5. The maximum absolute atomic E-state index is 14.3. The summed E-state index contributed by atoms with van der Waals surface area (Å²) in [5, 5.41) is 3.88. The predicted octanol–water partition coefficient (Wildman–Crippen LogP) is 5.54. The van der Waals surface area contributed by atoms with Crippen molar-refractivity contribution in [2.45, 2.75) is 64.1 Å². The SMILES string of the molecule is CC[C@H](C(=O)NC1CCCC1)N(Cc1ccc(Cl)cc1)C(=O)Cc1c(F)cccc1Cl. The van der Waals surface area contributed by atoms with Crippen LogP contribution in [0, 0.1) is 5.82 Å². The summed E-state index contributed by atoms with van der Waals surface area (Å²) in [5.41, 5.74) is 0.978. The van der Waals surface area contributed by atoms with Crippen molar-refractivity contribution in [2.24, 2.45) is 0 Å². The third-order valence-corrected chi connectivity index (χ3v) is 6.35. The smallest absolute Gasteiger partial charge is 0.243 e. The average Bonchev–Trinajstić information content (AvgIpc) is 3.25. The lowest BCUT2D eigenvalue weighted by Gasteiger charge is -2.31. The normalized spacial score (nSPS) is 15.0. The van der Waals surface area contributed by atoms with E-state index in [-0.39, 0.29) is 41.4 Å². The average molecular weight is 465 g/mol. The molecule has 31 heavy (non-hydrogen) atoms. The molecule has 0 heterocycles. The van der Waals surface area contributed by atoms with Gasteiger partial charge in [-0.2, -0.15) is 0 Å². The molecule has 3 rings (SSSR count). The lowest BCUT2D eigenvalue weighted by Crippen LogP contribution is -2.51. The predicted molar refractivity (Wildman–Crippen MR) is 122 cm³/mol. The van der Waals surface area contributed by atoms with Crippen LogP contribution in [-0.2, 0) is 22.6 Å². The quantitative estimate of drug-likeness (QED) is 0.557. The molecule has 2 amide bonds. The highest BCUT2D eigenvalue weighted by Gasteiger charge is 2.31. The van der Waals surface area contributed by atoms with Gasteiger partial charge in [-0.3, -0.25) is 9.59 Å². The molecule has 0 unspecified atom stereocenters. The zero-order chi connectivity index (χ0) is 22.4. The zero-order valence-electron chi connectivity index (χ0n) is 17.5. The number of nitrogens with one attached hydrogen (secondary N) is 1. The fourth-order valence-electron chi connectivity index (χ4n) is 4.03. The van der Waals surface area contributed by atoms with Gasteiger partial charge in [-0.25, -0.2) is 4.39 Å². The van der Waals surface area contributed by atoms with Crippen molar-refractivity contribution >= 4 is 35.0 Å². The minimum Gasteiger partial charge on any atom is -0.352 e. The summed E-state index contributed by atoms with van der Waals surface area (Å²) in [4.78, 5) is 27.9. The molecular formula is C24H27Cl2FN2O2. The maximum atomic E-state index is 14.3. The number of halogens is 3. The largest absolute Gasteiger partial charge is 0.352 e. The molecule has 0 bridgehead atoms. The van der Waals surface area contributed by atoms with Crippen LogP contribution in [0.2, 0.25) is 10.0 Å². The summed E-state index contributed by atoms with van der Waals surface area (Å²) >= 11 is 12.1. The first-order valence-corrected chi connectivity index (χ1v) is 11.4. The fraction of sp³-hybridized carbons (Fsp3) is 0.417. The Balaban J connectivity index is 1.85. The molecule has 2 aromatic carbocycles. The molecule has 1 atom stereocenters. The zero-order valence-corrected chi connectivity index (χ0v) is 19.1. The molecule has 1 aliphatic rings. The molecule has 4 nitrogen and oxygen atoms in total. The molecule has 0 saturated heterocycles. The van der Waals surface area contributed by atoms with E-state index >= 15 is 0 Å². The van der Waals surface area contributed by atoms with Gasteiger partial charge in [0.15, 0.2) is 0 Å². The molecule has 2 aromatic rings. The topological polar surface area (TPSA) is 49.4 Å². The number of hydrogen-bond donors (Lipinski definition) is 1. The van der Waals surface area contributed by atoms with Crippen LogP contribution in [-0.4, -0.2) is 28.8 Å². The van der Waals surface area contributed by atoms with E-state index in [9.17, 15) is 14.0 Å². The van der Waals surface area contributed by atoms with E-state index in [1.54, 1.807) is 18.2 Å². The number of carbonyl (C=O) groups is 2. The summed E-state index contributed by atoms with van der Waals surface area (Å²) in [7, 11) is 0. The molecule has 1 aliphatic carbocycles. The van der Waals surface area contributed by atoms with Crippen LogP contribution < -0.4 is 5.32 Å². The van der Waals surface area contributed by atoms with Crippen LogP contribution >= 0.6 is 23.2 Å². The van der Waals surface area contributed by atoms with Crippen LogP contribution in [0.5, 0.6) is 0 Å². The molecule has 0 aromatic heterocycles. The monoisotopic (exact) mass is 464 g/mol. The Labute approximate surface area is 192 Å². The van der Waals surface area contributed by atoms with E-state index < -0.39 is 11.9 Å². The van der Waals surface area contributed by atoms with Crippen molar-refractivity contribution < 1.29 is 14.0 Å². The van der Waals surface area contributed by atoms with Crippen LogP contribution in [0.15, 0.2) is 42.5 Å². The standard InChI is InChI=1S/C24H27Cl2FN2O2/c1-2-22(24(31)28-18-6-3-4-7-18)29(15-16-10-12-17(25)13-11-16)23(30)14-19-20(26)8-5-9-21(19)27/h5,8-13,18,22H,2-4,6-7,14-15H2,1H3,(H,28,31)/t22-/m1/s1. The molecule has 0 aliphatic heterocycles. The van der Waals surface area contributed by atoms with Crippen LogP contribution in [0.3, 0.4) is 0 Å². The van der Waals surface area contributed by atoms with Crippen molar-refractivity contribution in [3.05, 3.63) is 69.5 Å². The van der Waals surface area contributed by atoms with E-state index in [0.717, 1.165) is 31.2 Å². The van der Waals surface area contributed by atoms with E-state index in [2.05, 4.69) is 5.32 Å². The van der Waals surface area contributed by atoms with E-state index in [0.29, 0.717) is 11.4 Å². The molecular weight excluding hydrogens is 438 g/mol. The van der Waals surface area contributed by atoms with Gasteiger partial charge in [-0.1, -0.05) is 61.2 Å². The Bertz CT molecular complexity index is 894. The molecule has 0 spiro atoms. The van der Waals surface area contributed by atoms with Crippen molar-refractivity contribution in [2.75, 3.05) is 0 Å². The lowest BCUT2D eigenvalue weighted by atomic mass is 10.1. The second-order valence-corrected chi connectivity index (χ2v) is 8.78. The Kier molecular flexibility index (Phi) is 8.33. The second kappa shape index (κ2) is 11.0. The van der Waals surface area contributed by atoms with E-state index in [1.165, 1.54) is 17.0 Å². The van der Waals surface area contributed by atoms with Gasteiger partial charge in [0.05, 0.1) is 6.42 Å². The summed E-state index contributed by atoms with van der Waals surface area (Å²) in [6, 6.07) is 11.0. The van der Waals surface area contributed by atoms with Crippen molar-refractivity contribution in [3.8, 4) is 0 Å². The van der Waals surface area contributed by atoms with Crippen molar-refractivity contribution in [1.82, 2.24) is 10.2 Å². The molecule has 7 heteroatoms. The van der Waals surface area contributed by atoms with Crippen LogP contribution in [0.4, 0.5) is 4.39 Å². The Morgan fingerprint density at radius 3 is 2.42 bits per heavy atom. The Hall–Kier alpha value is -2.11. The van der Waals surface area contributed by atoms with Gasteiger partial charge >= 0.3 is 0 Å². The van der Waals surface area contributed by atoms with Gasteiger partial charge in [-0.15, -0.1) is 0 Å². The van der Waals surface area contributed by atoms with Gasteiger partial charge in [0, 0.05) is 28.2 Å². The summed E-state index contributed by atoms with van der Waals surface area (Å²) in [6.45, 7) is 2.09.